The summed E-state index contributed by atoms with van der Waals surface area (Å²) in [6.45, 7) is 12.7. The van der Waals surface area contributed by atoms with Gasteiger partial charge < -0.3 is 17.7 Å². The Kier molecular flexibility index (Phi) is 9.66. The van der Waals surface area contributed by atoms with Crippen LogP contribution in [0.15, 0.2) is 0 Å². The summed E-state index contributed by atoms with van der Waals surface area (Å²) in [5.41, 5.74) is 0. The van der Waals surface area contributed by atoms with Gasteiger partial charge in [0.25, 0.3) is 0 Å². The molecule has 16 heavy (non-hydrogen) atoms. The first-order chi connectivity index (χ1) is 7.17. The maximum absolute atomic E-state index is 2.66. The van der Waals surface area contributed by atoms with E-state index in [9.17, 15) is 0 Å². The summed E-state index contributed by atoms with van der Waals surface area (Å²) in [6, 6.07) is 0. The first-order valence-electron chi connectivity index (χ1n) is 6.45. The second-order valence-corrected chi connectivity index (χ2v) is 5.47. The zero-order valence-electron chi connectivity index (χ0n) is 11.4. The summed E-state index contributed by atoms with van der Waals surface area (Å²) in [5.74, 6) is 2.88. The average molecular weight is 298 g/mol. The summed E-state index contributed by atoms with van der Waals surface area (Å²) >= 11 is 0. The van der Waals surface area contributed by atoms with E-state index in [2.05, 4.69) is 25.2 Å². The molecule has 2 atom stereocenters. The number of likely N-dealkylation sites (tertiary alicyclic amines) is 1. The third-order valence-electron chi connectivity index (χ3n) is 3.21. The first-order valence-corrected chi connectivity index (χ1v) is 6.45. The van der Waals surface area contributed by atoms with Crippen LogP contribution in [0.3, 0.4) is 0 Å². The molecule has 0 N–H and O–H groups in total. The molecule has 1 aliphatic heterocycles. The standard InChI is InChI=1S/C11H20N.C3H7.Y/c1-9(2)6-12-7-10-4-3-5-11(10)8-12;1-3-2;/h3,9-11H,4-8H2,1-2H3;3H,1-2H3;/q2*-1;/t10-,11+;;. The van der Waals surface area contributed by atoms with Crippen LogP contribution in [0.4, 0.5) is 0 Å². The second kappa shape index (κ2) is 9.06. The van der Waals surface area contributed by atoms with E-state index in [1.807, 2.05) is 20.3 Å². The van der Waals surface area contributed by atoms with Gasteiger partial charge >= 0.3 is 0 Å². The van der Waals surface area contributed by atoms with Crippen molar-refractivity contribution >= 4 is 0 Å². The fraction of sp³-hybridized carbons (Fsp3) is 0.857. The SMILES string of the molecule is CC(C)CN1C[C@H]2C[CH-]C[C@H]2C1.C[CH-]C.[Y]. The Morgan fingerprint density at radius 1 is 1.19 bits per heavy atom. The normalized spacial score (nSPS) is 28.3. The van der Waals surface area contributed by atoms with Crippen LogP contribution in [0.2, 0.25) is 0 Å². The third kappa shape index (κ3) is 5.60. The zero-order valence-corrected chi connectivity index (χ0v) is 14.3. The molecule has 0 aromatic carbocycles. The van der Waals surface area contributed by atoms with Crippen LogP contribution < -0.4 is 0 Å². The van der Waals surface area contributed by atoms with Crippen molar-refractivity contribution in [2.24, 2.45) is 17.8 Å². The van der Waals surface area contributed by atoms with Crippen LogP contribution in [-0.2, 0) is 32.7 Å². The summed E-state index contributed by atoms with van der Waals surface area (Å²) in [5, 5.41) is 0. The van der Waals surface area contributed by atoms with Crippen molar-refractivity contribution < 1.29 is 32.7 Å². The van der Waals surface area contributed by atoms with Gasteiger partial charge in [0, 0.05) is 39.3 Å². The van der Waals surface area contributed by atoms with E-state index in [4.69, 9.17) is 0 Å². The molecule has 2 heteroatoms. The van der Waals surface area contributed by atoms with Crippen LogP contribution in [-0.4, -0.2) is 24.5 Å². The van der Waals surface area contributed by atoms with Gasteiger partial charge in [-0.1, -0.05) is 25.7 Å². The number of hydrogen-bond donors (Lipinski definition) is 0. The molecule has 2 rings (SSSR count). The van der Waals surface area contributed by atoms with Crippen LogP contribution in [0.1, 0.15) is 40.5 Å². The molecule has 93 valence electrons. The number of nitrogens with zero attached hydrogens (tertiary/aromatic N) is 1. The van der Waals surface area contributed by atoms with Gasteiger partial charge in [-0.15, -0.1) is 0 Å². The van der Waals surface area contributed by atoms with Crippen LogP contribution in [0.25, 0.3) is 0 Å². The van der Waals surface area contributed by atoms with Gasteiger partial charge in [0.05, 0.1) is 0 Å². The predicted octanol–water partition coefficient (Wildman–Crippen LogP) is 3.42. The van der Waals surface area contributed by atoms with Crippen LogP contribution >= 0.6 is 0 Å². The van der Waals surface area contributed by atoms with Crippen LogP contribution in [0, 0.1) is 30.6 Å². The minimum Gasteiger partial charge on any atom is -0.335 e. The monoisotopic (exact) mass is 298 g/mol. The van der Waals surface area contributed by atoms with Crippen molar-refractivity contribution in [3.05, 3.63) is 12.8 Å². The molecular weight excluding hydrogens is 271 g/mol. The Morgan fingerprint density at radius 2 is 1.62 bits per heavy atom. The molecule has 0 unspecified atom stereocenters. The van der Waals surface area contributed by atoms with E-state index in [0.29, 0.717) is 0 Å². The van der Waals surface area contributed by atoms with Gasteiger partial charge in [-0.3, -0.25) is 0 Å². The third-order valence-corrected chi connectivity index (χ3v) is 3.21. The molecule has 0 spiro atoms. The summed E-state index contributed by atoms with van der Waals surface area (Å²) in [6.07, 6.45) is 7.26. The molecule has 1 heterocycles. The molecule has 0 aromatic rings. The number of rotatable bonds is 2. The molecule has 1 radical (unpaired) electrons. The zero-order chi connectivity index (χ0) is 11.3. The van der Waals surface area contributed by atoms with E-state index in [0.717, 1.165) is 17.8 Å². The first kappa shape index (κ1) is 17.1. The summed E-state index contributed by atoms with van der Waals surface area (Å²) < 4.78 is 0. The van der Waals surface area contributed by atoms with E-state index >= 15 is 0 Å². The van der Waals surface area contributed by atoms with Crippen molar-refractivity contribution in [1.29, 1.82) is 0 Å². The minimum absolute atomic E-state index is 0. The van der Waals surface area contributed by atoms with E-state index in [1.165, 1.54) is 32.5 Å². The molecule has 1 nitrogen and oxygen atoms in total. The van der Waals surface area contributed by atoms with E-state index in [-0.39, 0.29) is 32.7 Å². The van der Waals surface area contributed by atoms with E-state index < -0.39 is 0 Å². The Labute approximate surface area is 128 Å². The number of fused-ring (bicyclic) bond motifs is 1. The topological polar surface area (TPSA) is 3.24 Å². The van der Waals surface area contributed by atoms with Gasteiger partial charge in [0.2, 0.25) is 0 Å². The Bertz CT molecular complexity index is 158. The summed E-state index contributed by atoms with van der Waals surface area (Å²) in [7, 11) is 0. The predicted molar refractivity (Wildman–Crippen MR) is 67.4 cm³/mol. The summed E-state index contributed by atoms with van der Waals surface area (Å²) in [4.78, 5) is 2.66. The Hall–Kier alpha value is 1.06. The van der Waals surface area contributed by atoms with Gasteiger partial charge in [-0.05, 0) is 19.0 Å². The second-order valence-electron chi connectivity index (χ2n) is 5.47. The smallest absolute Gasteiger partial charge is 0.000458 e. The van der Waals surface area contributed by atoms with Gasteiger partial charge in [-0.25, -0.2) is 0 Å². The maximum Gasteiger partial charge on any atom is 0.000458 e. The van der Waals surface area contributed by atoms with Crippen molar-refractivity contribution in [3.63, 3.8) is 0 Å². The molecule has 2 aliphatic rings. The molecular formula is C14H27NY-2. The molecule has 1 saturated carbocycles. The fourth-order valence-electron chi connectivity index (χ4n) is 2.76. The molecule has 0 aromatic heterocycles. The van der Waals surface area contributed by atoms with Gasteiger partial charge in [0.1, 0.15) is 0 Å². The van der Waals surface area contributed by atoms with Crippen molar-refractivity contribution in [3.8, 4) is 0 Å². The molecule has 0 bridgehead atoms. The Morgan fingerprint density at radius 3 is 2.00 bits per heavy atom. The van der Waals surface area contributed by atoms with Crippen molar-refractivity contribution in [1.82, 2.24) is 4.90 Å². The van der Waals surface area contributed by atoms with Crippen LogP contribution in [0.5, 0.6) is 0 Å². The van der Waals surface area contributed by atoms with Crippen molar-refractivity contribution in [2.75, 3.05) is 19.6 Å². The molecule has 0 amide bonds. The van der Waals surface area contributed by atoms with E-state index in [1.54, 1.807) is 0 Å². The quantitative estimate of drug-likeness (QED) is 0.706. The number of hydrogen-bond acceptors (Lipinski definition) is 1. The average Bonchev–Trinajstić information content (AvgIpc) is 2.63. The molecule has 1 aliphatic carbocycles. The van der Waals surface area contributed by atoms with Gasteiger partial charge in [0.15, 0.2) is 0 Å². The fourth-order valence-corrected chi connectivity index (χ4v) is 2.76. The molecule has 1 saturated heterocycles. The maximum atomic E-state index is 2.66. The minimum atomic E-state index is 0. The molecule has 2 fully saturated rings. The Balaban J connectivity index is 0.000000511. The largest absolute Gasteiger partial charge is 0.335 e. The van der Waals surface area contributed by atoms with Crippen molar-refractivity contribution in [2.45, 2.75) is 40.5 Å². The van der Waals surface area contributed by atoms with Gasteiger partial charge in [-0.2, -0.15) is 26.7 Å².